The molecule has 26 heavy (non-hydrogen) atoms. The summed E-state index contributed by atoms with van der Waals surface area (Å²) in [6.45, 7) is 0.606. The molecule has 0 aliphatic carbocycles. The zero-order chi connectivity index (χ0) is 18.7. The minimum Gasteiger partial charge on any atom is -0.312 e. The van der Waals surface area contributed by atoms with Gasteiger partial charge in [0.1, 0.15) is 0 Å². The number of nitrogens with one attached hydrogen (secondary N) is 1. The average molecular weight is 375 g/mol. The van der Waals surface area contributed by atoms with Crippen molar-refractivity contribution in [3.05, 3.63) is 64.2 Å². The zero-order valence-corrected chi connectivity index (χ0v) is 14.6. The first-order valence-electron chi connectivity index (χ1n) is 8.01. The molecule has 1 fully saturated rings. The SMILES string of the molecule is O=C1CCCN1c1cccc(CNS(=O)(=O)c2ccccc2[N+](=O)[O-])c1. The molecule has 1 aliphatic rings. The summed E-state index contributed by atoms with van der Waals surface area (Å²) >= 11 is 0. The van der Waals surface area contributed by atoms with Crippen LogP contribution in [0.4, 0.5) is 11.4 Å². The molecule has 0 atom stereocenters. The molecule has 0 unspecified atom stereocenters. The van der Waals surface area contributed by atoms with E-state index in [0.29, 0.717) is 18.5 Å². The molecular weight excluding hydrogens is 358 g/mol. The molecule has 2 aromatic rings. The van der Waals surface area contributed by atoms with Crippen LogP contribution in [0.25, 0.3) is 0 Å². The first kappa shape index (κ1) is 18.0. The number of hydrogen-bond donors (Lipinski definition) is 1. The third kappa shape index (κ3) is 3.73. The average Bonchev–Trinajstić information content (AvgIpc) is 3.06. The molecule has 8 nitrogen and oxygen atoms in total. The number of carbonyl (C=O) groups excluding carboxylic acids is 1. The lowest BCUT2D eigenvalue weighted by atomic mass is 10.2. The van der Waals surface area contributed by atoms with Crippen molar-refractivity contribution >= 4 is 27.3 Å². The van der Waals surface area contributed by atoms with Gasteiger partial charge < -0.3 is 4.90 Å². The van der Waals surface area contributed by atoms with E-state index >= 15 is 0 Å². The van der Waals surface area contributed by atoms with Crippen LogP contribution in [0, 0.1) is 10.1 Å². The summed E-state index contributed by atoms with van der Waals surface area (Å²) < 4.78 is 27.3. The topological polar surface area (TPSA) is 110 Å². The van der Waals surface area contributed by atoms with Crippen LogP contribution in [0.1, 0.15) is 18.4 Å². The molecule has 1 saturated heterocycles. The van der Waals surface area contributed by atoms with Gasteiger partial charge in [0.25, 0.3) is 5.69 Å². The van der Waals surface area contributed by atoms with E-state index in [1.54, 1.807) is 29.2 Å². The van der Waals surface area contributed by atoms with E-state index in [4.69, 9.17) is 0 Å². The van der Waals surface area contributed by atoms with Crippen LogP contribution < -0.4 is 9.62 Å². The van der Waals surface area contributed by atoms with Crippen LogP contribution in [0.15, 0.2) is 53.4 Å². The highest BCUT2D eigenvalue weighted by atomic mass is 32.2. The van der Waals surface area contributed by atoms with Crippen LogP contribution in [0.2, 0.25) is 0 Å². The normalized spacial score (nSPS) is 14.6. The first-order valence-corrected chi connectivity index (χ1v) is 9.49. The summed E-state index contributed by atoms with van der Waals surface area (Å²) in [5, 5.41) is 11.0. The van der Waals surface area contributed by atoms with Crippen molar-refractivity contribution in [2.45, 2.75) is 24.3 Å². The summed E-state index contributed by atoms with van der Waals surface area (Å²) in [5.74, 6) is 0.0441. The Labute approximate surface area is 150 Å². The highest BCUT2D eigenvalue weighted by molar-refractivity contribution is 7.89. The van der Waals surface area contributed by atoms with E-state index in [9.17, 15) is 23.3 Å². The van der Waals surface area contributed by atoms with Gasteiger partial charge in [0.2, 0.25) is 15.9 Å². The molecule has 0 bridgehead atoms. The van der Waals surface area contributed by atoms with Gasteiger partial charge in [-0.15, -0.1) is 0 Å². The third-order valence-electron chi connectivity index (χ3n) is 4.11. The van der Waals surface area contributed by atoms with Gasteiger partial charge >= 0.3 is 0 Å². The number of nitro groups is 1. The quantitative estimate of drug-likeness (QED) is 0.615. The number of hydrogen-bond acceptors (Lipinski definition) is 5. The van der Waals surface area contributed by atoms with Crippen molar-refractivity contribution in [3.8, 4) is 0 Å². The van der Waals surface area contributed by atoms with Crippen LogP contribution in [0.5, 0.6) is 0 Å². The summed E-state index contributed by atoms with van der Waals surface area (Å²) in [4.78, 5) is 23.4. The van der Waals surface area contributed by atoms with E-state index in [1.807, 2.05) is 0 Å². The van der Waals surface area contributed by atoms with Crippen molar-refractivity contribution in [2.24, 2.45) is 0 Å². The number of nitro benzene ring substituents is 1. The maximum atomic E-state index is 12.4. The fourth-order valence-corrected chi connectivity index (χ4v) is 4.03. The fraction of sp³-hybridized carbons (Fsp3) is 0.235. The van der Waals surface area contributed by atoms with Crippen molar-refractivity contribution < 1.29 is 18.1 Å². The van der Waals surface area contributed by atoms with Crippen molar-refractivity contribution in [1.29, 1.82) is 0 Å². The minimum absolute atomic E-state index is 0.0374. The molecule has 9 heteroatoms. The molecule has 1 amide bonds. The second kappa shape index (κ2) is 7.22. The molecule has 2 aromatic carbocycles. The second-order valence-corrected chi connectivity index (χ2v) is 7.60. The number of amides is 1. The zero-order valence-electron chi connectivity index (χ0n) is 13.8. The van der Waals surface area contributed by atoms with E-state index in [2.05, 4.69) is 4.72 Å². The van der Waals surface area contributed by atoms with Gasteiger partial charge in [-0.25, -0.2) is 13.1 Å². The van der Waals surface area contributed by atoms with E-state index in [1.165, 1.54) is 18.2 Å². The molecular formula is C17H17N3O5S. The molecule has 0 spiro atoms. The molecule has 0 radical (unpaired) electrons. The van der Waals surface area contributed by atoms with E-state index in [-0.39, 0.29) is 17.3 Å². The lowest BCUT2D eigenvalue weighted by Crippen LogP contribution is -2.25. The van der Waals surface area contributed by atoms with Gasteiger partial charge in [-0.1, -0.05) is 24.3 Å². The Morgan fingerprint density at radius 2 is 1.92 bits per heavy atom. The van der Waals surface area contributed by atoms with Crippen LogP contribution in [-0.2, 0) is 21.4 Å². The monoisotopic (exact) mass is 375 g/mol. The Bertz CT molecular complexity index is 958. The second-order valence-electron chi connectivity index (χ2n) is 5.87. The molecule has 1 aliphatic heterocycles. The number of rotatable bonds is 6. The largest absolute Gasteiger partial charge is 0.312 e. The summed E-state index contributed by atoms with van der Waals surface area (Å²) in [6.07, 6.45) is 1.31. The standard InChI is InChI=1S/C17H17N3O5S/c21-17-9-4-10-19(17)14-6-3-5-13(11-14)12-18-26(24,25)16-8-2-1-7-15(16)20(22)23/h1-3,5-8,11,18H,4,9-10,12H2. The van der Waals surface area contributed by atoms with Gasteiger partial charge in [-0.3, -0.25) is 14.9 Å². The molecule has 1 heterocycles. The maximum Gasteiger partial charge on any atom is 0.289 e. The van der Waals surface area contributed by atoms with Crippen molar-refractivity contribution in [1.82, 2.24) is 4.72 Å². The number of nitrogens with zero attached hydrogens (tertiary/aromatic N) is 2. The smallest absolute Gasteiger partial charge is 0.289 e. The Kier molecular flexibility index (Phi) is 5.01. The van der Waals surface area contributed by atoms with Crippen molar-refractivity contribution in [2.75, 3.05) is 11.4 Å². The number of para-hydroxylation sites is 1. The third-order valence-corrected chi connectivity index (χ3v) is 5.56. The summed E-state index contributed by atoms with van der Waals surface area (Å²) in [6, 6.07) is 12.2. The van der Waals surface area contributed by atoms with Crippen molar-refractivity contribution in [3.63, 3.8) is 0 Å². The summed E-state index contributed by atoms with van der Waals surface area (Å²) in [7, 11) is -4.05. The maximum absolute atomic E-state index is 12.4. The molecule has 1 N–H and O–H groups in total. The van der Waals surface area contributed by atoms with Gasteiger partial charge in [0.15, 0.2) is 4.90 Å². The molecule has 0 aromatic heterocycles. The predicted molar refractivity (Wildman–Crippen MR) is 95.2 cm³/mol. The van der Waals surface area contributed by atoms with Gasteiger partial charge in [-0.05, 0) is 30.2 Å². The Morgan fingerprint density at radius 1 is 1.15 bits per heavy atom. The first-order chi connectivity index (χ1) is 12.4. The van der Waals surface area contributed by atoms with Gasteiger partial charge in [0.05, 0.1) is 4.92 Å². The number of sulfonamides is 1. The fourth-order valence-electron chi connectivity index (χ4n) is 2.85. The van der Waals surface area contributed by atoms with E-state index < -0.39 is 20.6 Å². The highest BCUT2D eigenvalue weighted by Crippen LogP contribution is 2.24. The molecule has 3 rings (SSSR count). The Hall–Kier alpha value is -2.78. The van der Waals surface area contributed by atoms with Crippen LogP contribution in [-0.4, -0.2) is 25.8 Å². The minimum atomic E-state index is -4.05. The number of anilines is 1. The van der Waals surface area contributed by atoms with E-state index in [0.717, 1.165) is 18.2 Å². The lowest BCUT2D eigenvalue weighted by molar-refractivity contribution is -0.387. The molecule has 136 valence electrons. The van der Waals surface area contributed by atoms with Gasteiger partial charge in [-0.2, -0.15) is 0 Å². The Balaban J connectivity index is 1.79. The van der Waals surface area contributed by atoms with Crippen LogP contribution >= 0.6 is 0 Å². The van der Waals surface area contributed by atoms with Crippen LogP contribution in [0.3, 0.4) is 0 Å². The number of benzene rings is 2. The Morgan fingerprint density at radius 3 is 2.62 bits per heavy atom. The number of carbonyl (C=O) groups is 1. The predicted octanol–water partition coefficient (Wildman–Crippen LogP) is 2.20. The van der Waals surface area contributed by atoms with Gasteiger partial charge in [0, 0.05) is 31.3 Å². The highest BCUT2D eigenvalue weighted by Gasteiger charge is 2.25. The lowest BCUT2D eigenvalue weighted by Gasteiger charge is -2.16. The molecule has 0 saturated carbocycles. The summed E-state index contributed by atoms with van der Waals surface area (Å²) in [5.41, 5.74) is 0.899.